The van der Waals surface area contributed by atoms with Crippen molar-refractivity contribution < 1.29 is 14.5 Å². The molecule has 1 aliphatic rings. The van der Waals surface area contributed by atoms with E-state index in [9.17, 15) is 19.7 Å². The van der Waals surface area contributed by atoms with Gasteiger partial charge in [-0.3, -0.25) is 25.0 Å². The average molecular weight is 453 g/mol. The number of carbonyl (C=O) groups is 2. The lowest BCUT2D eigenvalue weighted by molar-refractivity contribution is -0.384. The molecule has 2 amide bonds. The van der Waals surface area contributed by atoms with Crippen molar-refractivity contribution in [1.82, 2.24) is 10.2 Å². The van der Waals surface area contributed by atoms with Crippen LogP contribution in [-0.4, -0.2) is 39.8 Å². The standard InChI is InChI=1S/C23H24N4O4S/c1-16-10-12-26(13-11-16)22(29)18-5-3-6-19(15-18)24-23(32)25-21(28)9-8-17-4-2-7-20(14-17)27(30)31/h2-9,14-16H,10-13H2,1H3,(H2,24,25,28,32)/b9-8+. The third-order valence-electron chi connectivity index (χ3n) is 5.18. The normalized spacial score (nSPS) is 14.2. The molecule has 8 nitrogen and oxygen atoms in total. The predicted octanol–water partition coefficient (Wildman–Crippen LogP) is 3.99. The molecule has 1 aliphatic heterocycles. The molecule has 1 heterocycles. The fraction of sp³-hybridized carbons (Fsp3) is 0.261. The van der Waals surface area contributed by atoms with E-state index in [1.54, 1.807) is 36.4 Å². The van der Waals surface area contributed by atoms with Gasteiger partial charge in [-0.05, 0) is 60.8 Å². The lowest BCUT2D eigenvalue weighted by Crippen LogP contribution is -2.38. The van der Waals surface area contributed by atoms with E-state index in [1.807, 2.05) is 4.90 Å². The lowest BCUT2D eigenvalue weighted by Gasteiger charge is -2.30. The van der Waals surface area contributed by atoms with Crippen LogP contribution in [-0.2, 0) is 4.79 Å². The first-order valence-electron chi connectivity index (χ1n) is 10.3. The maximum absolute atomic E-state index is 12.8. The molecule has 0 atom stereocenters. The molecule has 0 saturated carbocycles. The van der Waals surface area contributed by atoms with E-state index in [4.69, 9.17) is 12.2 Å². The Bertz CT molecular complexity index is 1060. The molecule has 0 aliphatic carbocycles. The van der Waals surface area contributed by atoms with Gasteiger partial charge in [-0.1, -0.05) is 25.1 Å². The highest BCUT2D eigenvalue weighted by Crippen LogP contribution is 2.20. The van der Waals surface area contributed by atoms with Crippen LogP contribution in [0.15, 0.2) is 54.6 Å². The van der Waals surface area contributed by atoms with E-state index in [0.717, 1.165) is 25.9 Å². The second-order valence-electron chi connectivity index (χ2n) is 7.68. The van der Waals surface area contributed by atoms with E-state index < -0.39 is 10.8 Å². The van der Waals surface area contributed by atoms with Crippen LogP contribution < -0.4 is 10.6 Å². The average Bonchev–Trinajstić information content (AvgIpc) is 2.78. The van der Waals surface area contributed by atoms with Crippen molar-refractivity contribution >= 4 is 46.6 Å². The molecule has 166 valence electrons. The number of nitrogens with zero attached hydrogens (tertiary/aromatic N) is 2. The maximum atomic E-state index is 12.8. The summed E-state index contributed by atoms with van der Waals surface area (Å²) in [5, 5.41) is 16.3. The van der Waals surface area contributed by atoms with Crippen LogP contribution in [0.25, 0.3) is 6.08 Å². The van der Waals surface area contributed by atoms with Crippen LogP contribution in [0.2, 0.25) is 0 Å². The maximum Gasteiger partial charge on any atom is 0.270 e. The summed E-state index contributed by atoms with van der Waals surface area (Å²) in [7, 11) is 0. The topological polar surface area (TPSA) is 105 Å². The first-order valence-corrected chi connectivity index (χ1v) is 10.7. The summed E-state index contributed by atoms with van der Waals surface area (Å²) >= 11 is 5.18. The zero-order valence-electron chi connectivity index (χ0n) is 17.6. The van der Waals surface area contributed by atoms with Gasteiger partial charge in [-0.25, -0.2) is 0 Å². The number of likely N-dealkylation sites (tertiary alicyclic amines) is 1. The molecule has 2 aromatic rings. The molecular formula is C23H24N4O4S. The Balaban J connectivity index is 1.56. The van der Waals surface area contributed by atoms with Crippen LogP contribution in [0.4, 0.5) is 11.4 Å². The minimum atomic E-state index is -0.499. The minimum absolute atomic E-state index is 0.0182. The van der Waals surface area contributed by atoms with Crippen molar-refractivity contribution in [2.75, 3.05) is 18.4 Å². The van der Waals surface area contributed by atoms with Crippen molar-refractivity contribution in [1.29, 1.82) is 0 Å². The Kier molecular flexibility index (Phi) is 7.67. The van der Waals surface area contributed by atoms with E-state index in [-0.39, 0.29) is 16.7 Å². The van der Waals surface area contributed by atoms with E-state index in [2.05, 4.69) is 17.6 Å². The Morgan fingerprint density at radius 2 is 1.88 bits per heavy atom. The van der Waals surface area contributed by atoms with E-state index >= 15 is 0 Å². The van der Waals surface area contributed by atoms with Crippen LogP contribution in [0.5, 0.6) is 0 Å². The predicted molar refractivity (Wildman–Crippen MR) is 127 cm³/mol. The first-order chi connectivity index (χ1) is 15.3. The lowest BCUT2D eigenvalue weighted by atomic mass is 9.98. The number of thiocarbonyl (C=S) groups is 1. The van der Waals surface area contributed by atoms with Gasteiger partial charge in [0.15, 0.2) is 5.11 Å². The Morgan fingerprint density at radius 1 is 1.16 bits per heavy atom. The molecule has 0 unspecified atom stereocenters. The highest BCUT2D eigenvalue weighted by Gasteiger charge is 2.21. The Hall–Kier alpha value is -3.59. The van der Waals surface area contributed by atoms with Gasteiger partial charge < -0.3 is 10.2 Å². The van der Waals surface area contributed by atoms with Crippen molar-refractivity contribution in [3.05, 3.63) is 75.8 Å². The number of nitro benzene ring substituents is 1. The molecule has 32 heavy (non-hydrogen) atoms. The molecule has 1 saturated heterocycles. The SMILES string of the molecule is CC1CCN(C(=O)c2cccc(NC(=S)NC(=O)/C=C/c3cccc([N+](=O)[O-])c3)c2)CC1. The molecule has 3 rings (SSSR count). The molecule has 9 heteroatoms. The Morgan fingerprint density at radius 3 is 2.59 bits per heavy atom. The summed E-state index contributed by atoms with van der Waals surface area (Å²) in [6.45, 7) is 3.70. The highest BCUT2D eigenvalue weighted by molar-refractivity contribution is 7.80. The highest BCUT2D eigenvalue weighted by atomic mass is 32.1. The number of anilines is 1. The second-order valence-corrected chi connectivity index (χ2v) is 8.09. The number of benzene rings is 2. The summed E-state index contributed by atoms with van der Waals surface area (Å²) in [5.74, 6) is 0.137. The molecule has 2 aromatic carbocycles. The molecular weight excluding hydrogens is 428 g/mol. The van der Waals surface area contributed by atoms with Crippen molar-refractivity contribution in [2.45, 2.75) is 19.8 Å². The van der Waals surface area contributed by atoms with E-state index in [0.29, 0.717) is 22.7 Å². The Labute approximate surface area is 191 Å². The summed E-state index contributed by atoms with van der Waals surface area (Å²) in [5.41, 5.74) is 1.61. The van der Waals surface area contributed by atoms with Gasteiger partial charge >= 0.3 is 0 Å². The minimum Gasteiger partial charge on any atom is -0.339 e. The summed E-state index contributed by atoms with van der Waals surface area (Å²) in [4.78, 5) is 37.1. The molecule has 2 N–H and O–H groups in total. The van der Waals surface area contributed by atoms with Crippen molar-refractivity contribution in [2.24, 2.45) is 5.92 Å². The van der Waals surface area contributed by atoms with Gasteiger partial charge in [-0.2, -0.15) is 0 Å². The van der Waals surface area contributed by atoms with Crippen LogP contribution in [0.1, 0.15) is 35.7 Å². The number of rotatable bonds is 5. The number of non-ortho nitro benzene ring substituents is 1. The van der Waals surface area contributed by atoms with Crippen molar-refractivity contribution in [3.63, 3.8) is 0 Å². The molecule has 0 aromatic heterocycles. The zero-order valence-corrected chi connectivity index (χ0v) is 18.4. The fourth-order valence-corrected chi connectivity index (χ4v) is 3.57. The van der Waals surface area contributed by atoms with Crippen LogP contribution in [0, 0.1) is 16.0 Å². The molecule has 0 spiro atoms. The third-order valence-corrected chi connectivity index (χ3v) is 5.39. The van der Waals surface area contributed by atoms with Crippen LogP contribution >= 0.6 is 12.2 Å². The summed E-state index contributed by atoms with van der Waals surface area (Å²) < 4.78 is 0. The number of hydrogen-bond donors (Lipinski definition) is 2. The monoisotopic (exact) mass is 452 g/mol. The van der Waals surface area contributed by atoms with Gasteiger partial charge in [0.05, 0.1) is 4.92 Å². The van der Waals surface area contributed by atoms with E-state index in [1.165, 1.54) is 24.3 Å². The number of amides is 2. The van der Waals surface area contributed by atoms with Crippen LogP contribution in [0.3, 0.4) is 0 Å². The number of carbonyl (C=O) groups excluding carboxylic acids is 2. The zero-order chi connectivity index (χ0) is 23.1. The number of hydrogen-bond acceptors (Lipinski definition) is 5. The quantitative estimate of drug-likeness (QED) is 0.308. The molecule has 0 radical (unpaired) electrons. The van der Waals surface area contributed by atoms with Gasteiger partial charge in [0.2, 0.25) is 5.91 Å². The molecule has 1 fully saturated rings. The summed E-state index contributed by atoms with van der Waals surface area (Å²) in [6.07, 6.45) is 4.71. The smallest absolute Gasteiger partial charge is 0.270 e. The number of nitro groups is 1. The van der Waals surface area contributed by atoms with Gasteiger partial charge in [0.1, 0.15) is 0 Å². The van der Waals surface area contributed by atoms with Gasteiger partial charge in [0.25, 0.3) is 11.6 Å². The summed E-state index contributed by atoms with van der Waals surface area (Å²) in [6, 6.07) is 12.9. The number of piperidine rings is 1. The second kappa shape index (κ2) is 10.6. The largest absolute Gasteiger partial charge is 0.339 e. The number of nitrogens with one attached hydrogen (secondary N) is 2. The third kappa shape index (κ3) is 6.45. The first kappa shape index (κ1) is 23.1. The fourth-order valence-electron chi connectivity index (χ4n) is 3.35. The molecule has 0 bridgehead atoms. The van der Waals surface area contributed by atoms with Crippen molar-refractivity contribution in [3.8, 4) is 0 Å². The van der Waals surface area contributed by atoms with Gasteiger partial charge in [0, 0.05) is 42.5 Å². The van der Waals surface area contributed by atoms with Gasteiger partial charge in [-0.15, -0.1) is 0 Å².